The van der Waals surface area contributed by atoms with Crippen LogP contribution < -0.4 is 10.6 Å². The average molecular weight is 490 g/mol. The number of hydrogen-bond acceptors (Lipinski definition) is 6. The van der Waals surface area contributed by atoms with Crippen LogP contribution in [-0.2, 0) is 14.3 Å². The number of rotatable bonds is 6. The van der Waals surface area contributed by atoms with Crippen molar-refractivity contribution in [3.63, 3.8) is 0 Å². The molecule has 30 heavy (non-hydrogen) atoms. The smallest absolute Gasteiger partial charge is 0.341 e. The number of benzene rings is 1. The maximum atomic E-state index is 12.6. The fourth-order valence-corrected chi connectivity index (χ4v) is 4.24. The summed E-state index contributed by atoms with van der Waals surface area (Å²) in [7, 11) is 0. The number of halogens is 3. The third kappa shape index (κ3) is 4.73. The molecule has 1 atom stereocenters. The number of nitrogens with one attached hydrogen (secondary N) is 2. The van der Waals surface area contributed by atoms with E-state index in [1.165, 1.54) is 23.5 Å². The Morgan fingerprint density at radius 2 is 1.83 bits per heavy atom. The van der Waals surface area contributed by atoms with Gasteiger partial charge in [-0.1, -0.05) is 40.9 Å². The van der Waals surface area contributed by atoms with E-state index in [1.54, 1.807) is 19.1 Å². The van der Waals surface area contributed by atoms with Crippen molar-refractivity contribution in [1.29, 1.82) is 0 Å². The van der Waals surface area contributed by atoms with Gasteiger partial charge in [-0.25, -0.2) is 14.4 Å². The molecule has 0 bridgehead atoms. The van der Waals surface area contributed by atoms with Crippen LogP contribution in [0.15, 0.2) is 40.9 Å². The molecule has 2 N–H and O–H groups in total. The van der Waals surface area contributed by atoms with Crippen molar-refractivity contribution in [2.75, 3.05) is 13.2 Å². The lowest BCUT2D eigenvalue weighted by atomic mass is 10.0. The van der Waals surface area contributed by atoms with E-state index in [1.807, 2.05) is 5.38 Å². The molecular weight excluding hydrogens is 475 g/mol. The third-order valence-corrected chi connectivity index (χ3v) is 6.13. The van der Waals surface area contributed by atoms with Crippen LogP contribution >= 0.6 is 46.1 Å². The van der Waals surface area contributed by atoms with E-state index >= 15 is 0 Å². The standard InChI is InChI=1S/C19H15Cl3N2O5S/c1-2-28-18(26)14-11(23-19(27)24-16(14)12-4-3-7-30-12)8-29-17(25)13-9(20)5-6-10(21)15(13)22/h3-7,16H,2,8H2,1H3,(H2,23,24,27). The van der Waals surface area contributed by atoms with Gasteiger partial charge in [0, 0.05) is 4.88 Å². The molecule has 11 heteroatoms. The topological polar surface area (TPSA) is 93.7 Å². The summed E-state index contributed by atoms with van der Waals surface area (Å²) in [4.78, 5) is 38.1. The Balaban J connectivity index is 1.93. The van der Waals surface area contributed by atoms with E-state index in [-0.39, 0.29) is 38.5 Å². The Morgan fingerprint density at radius 3 is 2.50 bits per heavy atom. The van der Waals surface area contributed by atoms with Gasteiger partial charge in [-0.3, -0.25) is 0 Å². The summed E-state index contributed by atoms with van der Waals surface area (Å²) in [6, 6.07) is 5.13. The Kier molecular flexibility index (Phi) is 7.25. The summed E-state index contributed by atoms with van der Waals surface area (Å²) >= 11 is 19.4. The van der Waals surface area contributed by atoms with Crippen LogP contribution in [0.2, 0.25) is 15.1 Å². The van der Waals surface area contributed by atoms with E-state index in [4.69, 9.17) is 44.3 Å². The van der Waals surface area contributed by atoms with Gasteiger partial charge < -0.3 is 20.1 Å². The molecule has 158 valence electrons. The van der Waals surface area contributed by atoms with Crippen LogP contribution in [0.4, 0.5) is 4.79 Å². The van der Waals surface area contributed by atoms with Gasteiger partial charge in [0.1, 0.15) is 6.61 Å². The highest BCUT2D eigenvalue weighted by molar-refractivity contribution is 7.10. The minimum Gasteiger partial charge on any atom is -0.463 e. The largest absolute Gasteiger partial charge is 0.463 e. The van der Waals surface area contributed by atoms with E-state index in [0.29, 0.717) is 0 Å². The fraction of sp³-hybridized carbons (Fsp3) is 0.211. The lowest BCUT2D eigenvalue weighted by molar-refractivity contribution is -0.139. The van der Waals surface area contributed by atoms with Gasteiger partial charge in [-0.05, 0) is 30.5 Å². The van der Waals surface area contributed by atoms with Gasteiger partial charge >= 0.3 is 18.0 Å². The molecule has 2 amide bonds. The van der Waals surface area contributed by atoms with Crippen LogP contribution in [0.3, 0.4) is 0 Å². The van der Waals surface area contributed by atoms with Crippen LogP contribution in [0.5, 0.6) is 0 Å². The zero-order valence-electron chi connectivity index (χ0n) is 15.5. The van der Waals surface area contributed by atoms with Gasteiger partial charge in [0.2, 0.25) is 0 Å². The van der Waals surface area contributed by atoms with E-state index in [0.717, 1.165) is 4.88 Å². The summed E-state index contributed by atoms with van der Waals surface area (Å²) in [5.74, 6) is -1.50. The number of carbonyl (C=O) groups excluding carboxylic acids is 3. The predicted molar refractivity (Wildman–Crippen MR) is 114 cm³/mol. The zero-order valence-corrected chi connectivity index (χ0v) is 18.5. The first kappa shape index (κ1) is 22.4. The minimum atomic E-state index is -0.858. The molecule has 3 rings (SSSR count). The second-order valence-corrected chi connectivity index (χ2v) is 8.13. The van der Waals surface area contributed by atoms with Gasteiger partial charge in [0.15, 0.2) is 0 Å². The molecule has 1 unspecified atom stereocenters. The zero-order chi connectivity index (χ0) is 21.8. The fourth-order valence-electron chi connectivity index (χ4n) is 2.77. The number of thiophene rings is 1. The highest BCUT2D eigenvalue weighted by Gasteiger charge is 2.35. The summed E-state index contributed by atoms with van der Waals surface area (Å²) in [6.45, 7) is 1.38. The van der Waals surface area contributed by atoms with Crippen LogP contribution in [0.1, 0.15) is 28.2 Å². The van der Waals surface area contributed by atoms with Crippen LogP contribution in [0, 0.1) is 0 Å². The Morgan fingerprint density at radius 1 is 1.10 bits per heavy atom. The third-order valence-electron chi connectivity index (χ3n) is 4.07. The molecule has 1 aromatic heterocycles. The van der Waals surface area contributed by atoms with Crippen molar-refractivity contribution in [3.8, 4) is 0 Å². The van der Waals surface area contributed by atoms with E-state index < -0.39 is 30.6 Å². The number of amides is 2. The van der Waals surface area contributed by atoms with Crippen molar-refractivity contribution in [3.05, 3.63) is 66.4 Å². The summed E-state index contributed by atoms with van der Waals surface area (Å²) in [5.41, 5.74) is 0.118. The van der Waals surface area contributed by atoms with Crippen molar-refractivity contribution in [1.82, 2.24) is 10.6 Å². The van der Waals surface area contributed by atoms with Crippen molar-refractivity contribution < 1.29 is 23.9 Å². The lowest BCUT2D eigenvalue weighted by Gasteiger charge is -2.28. The molecule has 2 heterocycles. The first-order valence-corrected chi connectivity index (χ1v) is 10.7. The molecule has 7 nitrogen and oxygen atoms in total. The van der Waals surface area contributed by atoms with Crippen molar-refractivity contribution >= 4 is 64.1 Å². The maximum absolute atomic E-state index is 12.6. The summed E-state index contributed by atoms with van der Waals surface area (Å²) in [5, 5.41) is 7.14. The molecule has 2 aromatic rings. The molecule has 1 aromatic carbocycles. The normalized spacial score (nSPS) is 16.0. The van der Waals surface area contributed by atoms with Crippen LogP contribution in [0.25, 0.3) is 0 Å². The first-order valence-electron chi connectivity index (χ1n) is 8.65. The molecule has 0 saturated heterocycles. The second kappa shape index (κ2) is 9.70. The van der Waals surface area contributed by atoms with Gasteiger partial charge in [0.05, 0.1) is 44.6 Å². The molecule has 0 radical (unpaired) electrons. The van der Waals surface area contributed by atoms with Gasteiger partial charge in [0.25, 0.3) is 0 Å². The van der Waals surface area contributed by atoms with Crippen molar-refractivity contribution in [2.45, 2.75) is 13.0 Å². The Bertz CT molecular complexity index is 1020. The lowest BCUT2D eigenvalue weighted by Crippen LogP contribution is -2.46. The highest BCUT2D eigenvalue weighted by Crippen LogP contribution is 2.33. The van der Waals surface area contributed by atoms with Crippen LogP contribution in [-0.4, -0.2) is 31.2 Å². The van der Waals surface area contributed by atoms with E-state index in [2.05, 4.69) is 10.6 Å². The number of esters is 2. The monoisotopic (exact) mass is 488 g/mol. The molecule has 1 aliphatic heterocycles. The molecule has 0 aliphatic carbocycles. The number of urea groups is 1. The highest BCUT2D eigenvalue weighted by atomic mass is 35.5. The number of ether oxygens (including phenoxy) is 2. The van der Waals surface area contributed by atoms with Gasteiger partial charge in [-0.15, -0.1) is 11.3 Å². The summed E-state index contributed by atoms with van der Waals surface area (Å²) < 4.78 is 10.4. The van der Waals surface area contributed by atoms with Gasteiger partial charge in [-0.2, -0.15) is 0 Å². The molecule has 0 spiro atoms. The maximum Gasteiger partial charge on any atom is 0.341 e. The number of carbonyl (C=O) groups is 3. The second-order valence-electron chi connectivity index (χ2n) is 5.95. The average Bonchev–Trinajstić information content (AvgIpc) is 3.24. The molecular formula is C19H15Cl3N2O5S. The molecule has 0 fully saturated rings. The SMILES string of the molecule is CCOC(=O)C1=C(COC(=O)c2c(Cl)ccc(Cl)c2Cl)NC(=O)NC1c1cccs1. The van der Waals surface area contributed by atoms with Crippen molar-refractivity contribution in [2.24, 2.45) is 0 Å². The summed E-state index contributed by atoms with van der Waals surface area (Å²) in [6.07, 6.45) is 0. The van der Waals surface area contributed by atoms with E-state index in [9.17, 15) is 14.4 Å². The predicted octanol–water partition coefficient (Wildman–Crippen LogP) is 4.74. The molecule has 1 aliphatic rings. The quantitative estimate of drug-likeness (QED) is 0.452. The molecule has 0 saturated carbocycles. The first-order chi connectivity index (χ1) is 14.3. The minimum absolute atomic E-state index is 0.0554. The Labute approximate surface area is 190 Å². The number of hydrogen-bond donors (Lipinski definition) is 2. The Hall–Kier alpha value is -2.26.